The van der Waals surface area contributed by atoms with Crippen molar-refractivity contribution in [2.75, 3.05) is 18.8 Å². The van der Waals surface area contributed by atoms with Gasteiger partial charge in [0.1, 0.15) is 5.25 Å². The molecule has 0 saturated carbocycles. The number of hydrogen-bond donors (Lipinski definition) is 1. The van der Waals surface area contributed by atoms with Crippen LogP contribution in [0.25, 0.3) is 0 Å². The summed E-state index contributed by atoms with van der Waals surface area (Å²) in [6.07, 6.45) is 1.76. The monoisotopic (exact) mass is 296 g/mol. The first-order valence-corrected chi connectivity index (χ1v) is 8.35. The summed E-state index contributed by atoms with van der Waals surface area (Å²) in [6, 6.07) is 2.07. The highest BCUT2D eigenvalue weighted by Gasteiger charge is 2.36. The van der Waals surface area contributed by atoms with Gasteiger partial charge < -0.3 is 10.6 Å². The van der Waals surface area contributed by atoms with Crippen molar-refractivity contribution in [3.8, 4) is 0 Å². The van der Waals surface area contributed by atoms with Gasteiger partial charge in [0.25, 0.3) is 0 Å². The van der Waals surface area contributed by atoms with Gasteiger partial charge in [-0.05, 0) is 35.6 Å². The van der Waals surface area contributed by atoms with Crippen LogP contribution in [0.5, 0.6) is 0 Å². The third-order valence-electron chi connectivity index (χ3n) is 3.80. The predicted octanol–water partition coefficient (Wildman–Crippen LogP) is 1.41. The summed E-state index contributed by atoms with van der Waals surface area (Å²) in [7, 11) is 0. The first-order chi connectivity index (χ1) is 9.16. The number of nitrogens with two attached hydrogens (primary N) is 1. The van der Waals surface area contributed by atoms with E-state index in [1.165, 1.54) is 10.4 Å². The van der Waals surface area contributed by atoms with Gasteiger partial charge in [-0.15, -0.1) is 23.1 Å². The summed E-state index contributed by atoms with van der Waals surface area (Å²) in [5, 5.41) is 1.98. The number of aryl methyl sites for hydroxylation is 1. The van der Waals surface area contributed by atoms with E-state index in [1.807, 2.05) is 0 Å². The van der Waals surface area contributed by atoms with E-state index in [-0.39, 0.29) is 23.0 Å². The fourth-order valence-electron chi connectivity index (χ4n) is 2.71. The lowest BCUT2D eigenvalue weighted by Gasteiger charge is -2.26. The van der Waals surface area contributed by atoms with Crippen molar-refractivity contribution in [1.29, 1.82) is 0 Å². The minimum atomic E-state index is -0.289. The number of amides is 2. The lowest BCUT2D eigenvalue weighted by Crippen LogP contribution is -2.35. The molecule has 19 heavy (non-hydrogen) atoms. The van der Waals surface area contributed by atoms with Crippen molar-refractivity contribution in [3.63, 3.8) is 0 Å². The lowest BCUT2D eigenvalue weighted by molar-refractivity contribution is -0.130. The Morgan fingerprint density at radius 3 is 3.00 bits per heavy atom. The zero-order valence-electron chi connectivity index (χ0n) is 10.5. The van der Waals surface area contributed by atoms with Gasteiger partial charge in [-0.1, -0.05) is 0 Å². The van der Waals surface area contributed by atoms with Crippen molar-refractivity contribution >= 4 is 34.9 Å². The molecule has 1 fully saturated rings. The summed E-state index contributed by atoms with van der Waals surface area (Å²) in [6.45, 7) is 1.15. The molecule has 2 aliphatic heterocycles. The molecule has 0 radical (unpaired) electrons. The van der Waals surface area contributed by atoms with E-state index in [1.54, 1.807) is 28.0 Å². The van der Waals surface area contributed by atoms with Crippen LogP contribution in [0.15, 0.2) is 11.4 Å². The summed E-state index contributed by atoms with van der Waals surface area (Å²) < 4.78 is 0. The molecule has 2 N–H and O–H groups in total. The SMILES string of the molecule is NC(=O)[C@H]1CCN(C(=O)[C@H]2SCCc3sccc32)C1. The molecule has 102 valence electrons. The fraction of sp³-hybridized carbons (Fsp3) is 0.538. The van der Waals surface area contributed by atoms with Crippen LogP contribution in [-0.2, 0) is 16.0 Å². The second-order valence-electron chi connectivity index (χ2n) is 4.97. The Labute approximate surface area is 120 Å². The van der Waals surface area contributed by atoms with Gasteiger partial charge in [-0.3, -0.25) is 9.59 Å². The van der Waals surface area contributed by atoms with E-state index in [0.717, 1.165) is 12.2 Å². The van der Waals surface area contributed by atoms with Crippen molar-refractivity contribution in [2.45, 2.75) is 18.1 Å². The number of likely N-dealkylation sites (tertiary alicyclic amines) is 1. The Bertz CT molecular complexity index is 514. The number of hydrogen-bond acceptors (Lipinski definition) is 4. The zero-order valence-corrected chi connectivity index (χ0v) is 12.1. The Balaban J connectivity index is 1.74. The zero-order chi connectivity index (χ0) is 13.4. The number of thiophene rings is 1. The normalized spacial score (nSPS) is 26.2. The molecule has 0 unspecified atom stereocenters. The number of carbonyl (C=O) groups is 2. The van der Waals surface area contributed by atoms with Crippen LogP contribution < -0.4 is 5.73 Å². The minimum absolute atomic E-state index is 0.0818. The Hall–Kier alpha value is -1.01. The maximum Gasteiger partial charge on any atom is 0.240 e. The van der Waals surface area contributed by atoms with E-state index in [9.17, 15) is 9.59 Å². The van der Waals surface area contributed by atoms with E-state index >= 15 is 0 Å². The van der Waals surface area contributed by atoms with Gasteiger partial charge in [-0.25, -0.2) is 0 Å². The molecule has 3 rings (SSSR count). The quantitative estimate of drug-likeness (QED) is 0.897. The number of nitrogens with zero attached hydrogens (tertiary/aromatic N) is 1. The van der Waals surface area contributed by atoms with Gasteiger partial charge in [0.05, 0.1) is 5.92 Å². The second-order valence-corrected chi connectivity index (χ2v) is 7.19. The summed E-state index contributed by atoms with van der Waals surface area (Å²) in [4.78, 5) is 26.9. The fourth-order valence-corrected chi connectivity index (χ4v) is 5.08. The van der Waals surface area contributed by atoms with E-state index in [2.05, 4.69) is 11.4 Å². The van der Waals surface area contributed by atoms with Gasteiger partial charge in [0, 0.05) is 18.0 Å². The number of primary amides is 1. The van der Waals surface area contributed by atoms with Crippen LogP contribution in [-0.4, -0.2) is 35.6 Å². The summed E-state index contributed by atoms with van der Waals surface area (Å²) >= 11 is 3.45. The Morgan fingerprint density at radius 1 is 1.42 bits per heavy atom. The third-order valence-corrected chi connectivity index (χ3v) is 6.03. The van der Waals surface area contributed by atoms with Crippen LogP contribution in [0.4, 0.5) is 0 Å². The molecule has 0 aromatic carbocycles. The molecule has 1 saturated heterocycles. The van der Waals surface area contributed by atoms with E-state index in [4.69, 9.17) is 5.73 Å². The number of fused-ring (bicyclic) bond motifs is 1. The number of carbonyl (C=O) groups excluding carboxylic acids is 2. The molecule has 0 bridgehead atoms. The highest BCUT2D eigenvalue weighted by atomic mass is 32.2. The van der Waals surface area contributed by atoms with Crippen LogP contribution in [0, 0.1) is 5.92 Å². The molecule has 2 atom stereocenters. The second kappa shape index (κ2) is 5.17. The molecular weight excluding hydrogens is 280 g/mol. The first kappa shape index (κ1) is 13.0. The largest absolute Gasteiger partial charge is 0.369 e. The topological polar surface area (TPSA) is 63.4 Å². The standard InChI is InChI=1S/C13H16N2O2S2/c14-12(16)8-1-4-15(7-8)13(17)11-9-2-5-18-10(9)3-6-19-11/h2,5,8,11H,1,3-4,6-7H2,(H2,14,16)/t8-,11-/m0/s1. The van der Waals surface area contributed by atoms with Gasteiger partial charge >= 0.3 is 0 Å². The average Bonchev–Trinajstić information content (AvgIpc) is 3.06. The molecule has 2 amide bonds. The van der Waals surface area contributed by atoms with Gasteiger partial charge in [0.15, 0.2) is 0 Å². The maximum atomic E-state index is 12.6. The van der Waals surface area contributed by atoms with Crippen molar-refractivity contribution in [3.05, 3.63) is 21.9 Å². The Morgan fingerprint density at radius 2 is 2.26 bits per heavy atom. The van der Waals surface area contributed by atoms with Crippen molar-refractivity contribution in [2.24, 2.45) is 11.7 Å². The molecule has 1 aromatic heterocycles. The molecule has 0 aliphatic carbocycles. The van der Waals surface area contributed by atoms with Crippen LogP contribution in [0.3, 0.4) is 0 Å². The first-order valence-electron chi connectivity index (χ1n) is 6.43. The third kappa shape index (κ3) is 2.39. The molecule has 2 aliphatic rings. The lowest BCUT2D eigenvalue weighted by atomic mass is 10.1. The molecule has 0 spiro atoms. The highest BCUT2D eigenvalue weighted by molar-refractivity contribution is 8.00. The molecule has 4 nitrogen and oxygen atoms in total. The highest BCUT2D eigenvalue weighted by Crippen LogP contribution is 2.41. The molecular formula is C13H16N2O2S2. The van der Waals surface area contributed by atoms with E-state index in [0.29, 0.717) is 19.5 Å². The molecule has 1 aromatic rings. The molecule has 3 heterocycles. The van der Waals surface area contributed by atoms with Crippen LogP contribution in [0.1, 0.15) is 22.1 Å². The van der Waals surface area contributed by atoms with Crippen LogP contribution >= 0.6 is 23.1 Å². The summed E-state index contributed by atoms with van der Waals surface area (Å²) in [5.41, 5.74) is 6.49. The number of thioether (sulfide) groups is 1. The average molecular weight is 296 g/mol. The Kier molecular flexibility index (Phi) is 3.54. The molecule has 6 heteroatoms. The van der Waals surface area contributed by atoms with E-state index < -0.39 is 0 Å². The van der Waals surface area contributed by atoms with Crippen LogP contribution in [0.2, 0.25) is 0 Å². The number of rotatable bonds is 2. The van der Waals surface area contributed by atoms with Crippen molar-refractivity contribution < 1.29 is 9.59 Å². The van der Waals surface area contributed by atoms with Crippen molar-refractivity contribution in [1.82, 2.24) is 4.90 Å². The smallest absolute Gasteiger partial charge is 0.240 e. The minimum Gasteiger partial charge on any atom is -0.369 e. The van der Waals surface area contributed by atoms with Gasteiger partial charge in [-0.2, -0.15) is 0 Å². The van der Waals surface area contributed by atoms with Gasteiger partial charge in [0.2, 0.25) is 11.8 Å². The predicted molar refractivity (Wildman–Crippen MR) is 77.1 cm³/mol. The summed E-state index contributed by atoms with van der Waals surface area (Å²) in [5.74, 6) is 0.687. The maximum absolute atomic E-state index is 12.6.